The number of carboxylic acid groups (broad SMARTS) is 1. The first kappa shape index (κ1) is 14.6. The molecular weight excluding hydrogens is 278 g/mol. The van der Waals surface area contributed by atoms with Gasteiger partial charge in [-0.15, -0.1) is 0 Å². The third-order valence-electron chi connectivity index (χ3n) is 4.06. The molecule has 1 fully saturated rings. The van der Waals surface area contributed by atoms with Crippen molar-refractivity contribution in [2.45, 2.75) is 32.7 Å². The topological polar surface area (TPSA) is 58.4 Å². The van der Waals surface area contributed by atoms with E-state index in [9.17, 15) is 9.90 Å². The molecule has 2 aromatic heterocycles. The zero-order valence-electron chi connectivity index (χ0n) is 12.8. The number of hydrogen-bond donors (Lipinski definition) is 1. The third-order valence-corrected chi connectivity index (χ3v) is 4.06. The lowest BCUT2D eigenvalue weighted by Gasteiger charge is -2.28. The van der Waals surface area contributed by atoms with Crippen molar-refractivity contribution in [2.24, 2.45) is 0 Å². The largest absolute Gasteiger partial charge is 0.477 e. The zero-order valence-corrected chi connectivity index (χ0v) is 12.8. The van der Waals surface area contributed by atoms with Gasteiger partial charge in [-0.2, -0.15) is 0 Å². The minimum absolute atomic E-state index is 0.308. The van der Waals surface area contributed by atoms with Crippen LogP contribution in [0.25, 0.3) is 0 Å². The highest BCUT2D eigenvalue weighted by Crippen LogP contribution is 2.18. The van der Waals surface area contributed by atoms with Crippen LogP contribution in [0.1, 0.15) is 41.0 Å². The maximum Gasteiger partial charge on any atom is 0.352 e. The van der Waals surface area contributed by atoms with Gasteiger partial charge in [0.2, 0.25) is 0 Å². The first-order valence-electron chi connectivity index (χ1n) is 7.74. The highest BCUT2D eigenvalue weighted by Gasteiger charge is 2.14. The molecule has 0 bridgehead atoms. The molecule has 1 aliphatic heterocycles. The van der Waals surface area contributed by atoms with Crippen LogP contribution in [0, 0.1) is 6.92 Å². The number of pyridine rings is 1. The molecule has 5 heteroatoms. The van der Waals surface area contributed by atoms with E-state index in [1.54, 1.807) is 10.6 Å². The number of anilines is 1. The highest BCUT2D eigenvalue weighted by molar-refractivity contribution is 5.86. The maximum absolute atomic E-state index is 11.3. The Morgan fingerprint density at radius 2 is 2.05 bits per heavy atom. The van der Waals surface area contributed by atoms with Crippen LogP contribution in [0.15, 0.2) is 30.5 Å². The predicted octanol–water partition coefficient (Wildman–Crippen LogP) is 2.93. The van der Waals surface area contributed by atoms with Gasteiger partial charge in [0.05, 0.1) is 12.2 Å². The van der Waals surface area contributed by atoms with Crippen molar-refractivity contribution in [3.8, 4) is 0 Å². The van der Waals surface area contributed by atoms with E-state index in [-0.39, 0.29) is 0 Å². The van der Waals surface area contributed by atoms with Gasteiger partial charge in [-0.3, -0.25) is 0 Å². The first-order chi connectivity index (χ1) is 10.6. The van der Waals surface area contributed by atoms with Crippen molar-refractivity contribution < 1.29 is 9.90 Å². The molecule has 0 aromatic carbocycles. The van der Waals surface area contributed by atoms with Gasteiger partial charge < -0.3 is 14.6 Å². The summed E-state index contributed by atoms with van der Waals surface area (Å²) in [5.74, 6) is 0.0956. The molecule has 0 amide bonds. The lowest BCUT2D eigenvalue weighted by molar-refractivity contribution is 0.0685. The van der Waals surface area contributed by atoms with Gasteiger partial charge >= 0.3 is 5.97 Å². The molecule has 0 unspecified atom stereocenters. The fourth-order valence-corrected chi connectivity index (χ4v) is 3.00. The zero-order chi connectivity index (χ0) is 15.5. The molecule has 0 radical (unpaired) electrons. The van der Waals surface area contributed by atoms with Crippen LogP contribution in [0.4, 0.5) is 5.82 Å². The van der Waals surface area contributed by atoms with Crippen LogP contribution in [0.2, 0.25) is 0 Å². The van der Waals surface area contributed by atoms with Gasteiger partial charge in [-0.05, 0) is 49.9 Å². The molecule has 1 N–H and O–H groups in total. The van der Waals surface area contributed by atoms with E-state index in [2.05, 4.69) is 4.90 Å². The number of carbonyl (C=O) groups is 1. The number of aromatic carboxylic acids is 1. The van der Waals surface area contributed by atoms with E-state index < -0.39 is 5.97 Å². The molecule has 1 aliphatic rings. The number of aromatic nitrogens is 2. The molecule has 0 saturated carbocycles. The van der Waals surface area contributed by atoms with Gasteiger partial charge in [0, 0.05) is 19.3 Å². The second-order valence-electron chi connectivity index (χ2n) is 5.87. The molecule has 22 heavy (non-hydrogen) atoms. The SMILES string of the molecule is Cc1cc(C(=O)O)n(Cc2cccc(N3CCCCC3)n2)c1. The molecule has 116 valence electrons. The predicted molar refractivity (Wildman–Crippen MR) is 85.5 cm³/mol. The van der Waals surface area contributed by atoms with Crippen molar-refractivity contribution in [1.82, 2.24) is 9.55 Å². The number of aryl methyl sites for hydroxylation is 1. The molecule has 0 atom stereocenters. The third kappa shape index (κ3) is 3.13. The Morgan fingerprint density at radius 1 is 1.27 bits per heavy atom. The number of rotatable bonds is 4. The van der Waals surface area contributed by atoms with Crippen molar-refractivity contribution in [2.75, 3.05) is 18.0 Å². The summed E-state index contributed by atoms with van der Waals surface area (Å²) in [6, 6.07) is 7.68. The van der Waals surface area contributed by atoms with Gasteiger partial charge in [-0.1, -0.05) is 6.07 Å². The molecule has 5 nitrogen and oxygen atoms in total. The molecule has 3 rings (SSSR count). The Morgan fingerprint density at radius 3 is 2.77 bits per heavy atom. The Hall–Kier alpha value is -2.30. The smallest absolute Gasteiger partial charge is 0.352 e. The van der Waals surface area contributed by atoms with E-state index >= 15 is 0 Å². The monoisotopic (exact) mass is 299 g/mol. The number of piperidine rings is 1. The fraction of sp³-hybridized carbons (Fsp3) is 0.412. The molecule has 3 heterocycles. The Kier molecular flexibility index (Phi) is 4.13. The summed E-state index contributed by atoms with van der Waals surface area (Å²) in [5.41, 5.74) is 2.15. The Labute approximate surface area is 130 Å². The summed E-state index contributed by atoms with van der Waals surface area (Å²) in [7, 11) is 0. The van der Waals surface area contributed by atoms with Crippen LogP contribution in [-0.2, 0) is 6.54 Å². The molecular formula is C17H21N3O2. The molecule has 0 aliphatic carbocycles. The minimum atomic E-state index is -0.903. The molecule has 1 saturated heterocycles. The highest BCUT2D eigenvalue weighted by atomic mass is 16.4. The lowest BCUT2D eigenvalue weighted by atomic mass is 10.1. The maximum atomic E-state index is 11.3. The first-order valence-corrected chi connectivity index (χ1v) is 7.74. The van der Waals surface area contributed by atoms with Gasteiger partial charge in [0.1, 0.15) is 11.5 Å². The number of carboxylic acids is 1. The van der Waals surface area contributed by atoms with Crippen molar-refractivity contribution in [3.05, 3.63) is 47.4 Å². The number of hydrogen-bond acceptors (Lipinski definition) is 3. The summed E-state index contributed by atoms with van der Waals surface area (Å²) in [4.78, 5) is 18.3. The van der Waals surface area contributed by atoms with Gasteiger partial charge in [0.15, 0.2) is 0 Å². The van der Waals surface area contributed by atoms with E-state index in [1.807, 2.05) is 31.3 Å². The van der Waals surface area contributed by atoms with Crippen LogP contribution < -0.4 is 4.90 Å². The quantitative estimate of drug-likeness (QED) is 0.943. The van der Waals surface area contributed by atoms with Crippen molar-refractivity contribution in [3.63, 3.8) is 0 Å². The van der Waals surface area contributed by atoms with E-state index in [0.717, 1.165) is 30.2 Å². The summed E-state index contributed by atoms with van der Waals surface area (Å²) in [6.07, 6.45) is 5.58. The van der Waals surface area contributed by atoms with Crippen molar-refractivity contribution >= 4 is 11.8 Å². The average Bonchev–Trinajstić information content (AvgIpc) is 2.89. The van der Waals surface area contributed by atoms with E-state index in [0.29, 0.717) is 12.2 Å². The molecule has 0 spiro atoms. The number of nitrogens with zero attached hydrogens (tertiary/aromatic N) is 3. The summed E-state index contributed by atoms with van der Waals surface area (Å²) in [5, 5.41) is 9.27. The van der Waals surface area contributed by atoms with E-state index in [1.165, 1.54) is 19.3 Å². The summed E-state index contributed by atoms with van der Waals surface area (Å²) < 4.78 is 1.75. The van der Waals surface area contributed by atoms with Gasteiger partial charge in [0.25, 0.3) is 0 Å². The fourth-order valence-electron chi connectivity index (χ4n) is 3.00. The summed E-state index contributed by atoms with van der Waals surface area (Å²) >= 11 is 0. The van der Waals surface area contributed by atoms with Gasteiger partial charge in [-0.25, -0.2) is 9.78 Å². The van der Waals surface area contributed by atoms with Crippen LogP contribution in [0.3, 0.4) is 0 Å². The van der Waals surface area contributed by atoms with E-state index in [4.69, 9.17) is 4.98 Å². The normalized spacial score (nSPS) is 15.0. The lowest BCUT2D eigenvalue weighted by Crippen LogP contribution is -2.30. The minimum Gasteiger partial charge on any atom is -0.477 e. The van der Waals surface area contributed by atoms with Crippen molar-refractivity contribution in [1.29, 1.82) is 0 Å². The van der Waals surface area contributed by atoms with Crippen LogP contribution >= 0.6 is 0 Å². The second-order valence-corrected chi connectivity index (χ2v) is 5.87. The Balaban J connectivity index is 1.82. The Bertz CT molecular complexity index is 672. The van der Waals surface area contributed by atoms with Crippen LogP contribution in [-0.4, -0.2) is 33.7 Å². The van der Waals surface area contributed by atoms with Crippen LogP contribution in [0.5, 0.6) is 0 Å². The summed E-state index contributed by atoms with van der Waals surface area (Å²) in [6.45, 7) is 4.50. The standard InChI is InChI=1S/C17H21N3O2/c1-13-10-15(17(21)22)20(11-13)12-14-6-5-7-16(18-14)19-8-3-2-4-9-19/h5-7,10-11H,2-4,8-9,12H2,1H3,(H,21,22). The molecule has 2 aromatic rings. The average molecular weight is 299 g/mol. The second kappa shape index (κ2) is 6.22.